The highest BCUT2D eigenvalue weighted by molar-refractivity contribution is 4.42. The lowest BCUT2D eigenvalue weighted by atomic mass is 10.2. The molecule has 86 valence electrons. The van der Waals surface area contributed by atoms with Crippen LogP contribution < -0.4 is 0 Å². The third kappa shape index (κ3) is 9.92. The highest BCUT2D eigenvalue weighted by atomic mass is 16.6. The summed E-state index contributed by atoms with van der Waals surface area (Å²) in [5.74, 6) is 0. The molecular formula is C10H22O4. The summed E-state index contributed by atoms with van der Waals surface area (Å²) in [6.45, 7) is 3.08. The van der Waals surface area contributed by atoms with Crippen molar-refractivity contribution in [2.75, 3.05) is 26.4 Å². The van der Waals surface area contributed by atoms with E-state index in [2.05, 4.69) is 6.92 Å². The van der Waals surface area contributed by atoms with Crippen molar-refractivity contribution in [3.63, 3.8) is 0 Å². The van der Waals surface area contributed by atoms with Crippen LogP contribution in [0.15, 0.2) is 0 Å². The molecule has 0 aliphatic carbocycles. The second-order valence-corrected chi connectivity index (χ2v) is 3.18. The Labute approximate surface area is 85.8 Å². The molecular weight excluding hydrogens is 184 g/mol. The summed E-state index contributed by atoms with van der Waals surface area (Å²) in [6.07, 6.45) is 3.66. The van der Waals surface area contributed by atoms with Crippen LogP contribution in [0, 0.1) is 0 Å². The Morgan fingerprint density at radius 1 is 1.14 bits per heavy atom. The van der Waals surface area contributed by atoms with Gasteiger partial charge in [0.2, 0.25) is 0 Å². The molecule has 0 bridgehead atoms. The van der Waals surface area contributed by atoms with Gasteiger partial charge in [0.1, 0.15) is 0 Å². The molecule has 0 aromatic heterocycles. The largest absolute Gasteiger partial charge is 0.394 e. The monoisotopic (exact) mass is 206 g/mol. The van der Waals surface area contributed by atoms with Crippen LogP contribution in [0.2, 0.25) is 0 Å². The first kappa shape index (κ1) is 13.8. The number of hydrogen-bond donors (Lipinski definition) is 2. The average molecular weight is 206 g/mol. The van der Waals surface area contributed by atoms with Crippen molar-refractivity contribution >= 4 is 0 Å². The Balaban J connectivity index is 3.06. The zero-order chi connectivity index (χ0) is 10.6. The fourth-order valence-electron chi connectivity index (χ4n) is 1.05. The van der Waals surface area contributed by atoms with Crippen molar-refractivity contribution in [2.24, 2.45) is 0 Å². The molecule has 0 amide bonds. The standard InChI is InChI=1S/C10H22O4/c1-2-3-4-5-7-14-10(12)9-13-8-6-11/h10-12H,2-9H2,1H3. The Morgan fingerprint density at radius 3 is 2.57 bits per heavy atom. The number of rotatable bonds is 10. The van der Waals surface area contributed by atoms with Gasteiger partial charge in [-0.3, -0.25) is 0 Å². The maximum absolute atomic E-state index is 9.20. The molecule has 0 heterocycles. The minimum Gasteiger partial charge on any atom is -0.394 e. The van der Waals surface area contributed by atoms with E-state index in [0.717, 1.165) is 12.8 Å². The molecule has 0 aliphatic heterocycles. The summed E-state index contributed by atoms with van der Waals surface area (Å²) in [4.78, 5) is 0. The third-order valence-electron chi connectivity index (χ3n) is 1.80. The van der Waals surface area contributed by atoms with Gasteiger partial charge in [-0.05, 0) is 6.42 Å². The van der Waals surface area contributed by atoms with Gasteiger partial charge < -0.3 is 19.7 Å². The SMILES string of the molecule is CCCCCCOC(O)COCCO. The van der Waals surface area contributed by atoms with E-state index < -0.39 is 6.29 Å². The van der Waals surface area contributed by atoms with Gasteiger partial charge in [0.15, 0.2) is 6.29 Å². The normalized spacial score (nSPS) is 13.1. The zero-order valence-corrected chi connectivity index (χ0v) is 8.95. The van der Waals surface area contributed by atoms with Gasteiger partial charge in [0.05, 0.1) is 19.8 Å². The lowest BCUT2D eigenvalue weighted by Gasteiger charge is -2.11. The molecule has 0 spiro atoms. The van der Waals surface area contributed by atoms with Crippen molar-refractivity contribution in [3.05, 3.63) is 0 Å². The Kier molecular flexibility index (Phi) is 10.8. The second-order valence-electron chi connectivity index (χ2n) is 3.18. The smallest absolute Gasteiger partial charge is 0.178 e. The van der Waals surface area contributed by atoms with Crippen LogP contribution in [-0.4, -0.2) is 42.9 Å². The molecule has 0 saturated heterocycles. The van der Waals surface area contributed by atoms with Crippen molar-refractivity contribution in [1.29, 1.82) is 0 Å². The van der Waals surface area contributed by atoms with Gasteiger partial charge in [-0.25, -0.2) is 0 Å². The Bertz CT molecular complexity index is 108. The molecule has 2 N–H and O–H groups in total. The molecule has 0 fully saturated rings. The molecule has 14 heavy (non-hydrogen) atoms. The Morgan fingerprint density at radius 2 is 1.93 bits per heavy atom. The van der Waals surface area contributed by atoms with E-state index in [4.69, 9.17) is 14.6 Å². The van der Waals surface area contributed by atoms with Crippen LogP contribution in [0.1, 0.15) is 32.6 Å². The quantitative estimate of drug-likeness (QED) is 0.412. The molecule has 4 nitrogen and oxygen atoms in total. The lowest BCUT2D eigenvalue weighted by molar-refractivity contribution is -0.140. The van der Waals surface area contributed by atoms with Gasteiger partial charge in [-0.1, -0.05) is 26.2 Å². The van der Waals surface area contributed by atoms with Gasteiger partial charge in [0.25, 0.3) is 0 Å². The molecule has 1 atom stereocenters. The topological polar surface area (TPSA) is 58.9 Å². The van der Waals surface area contributed by atoms with Gasteiger partial charge in [-0.2, -0.15) is 0 Å². The summed E-state index contributed by atoms with van der Waals surface area (Å²) >= 11 is 0. The molecule has 0 radical (unpaired) electrons. The molecule has 0 aromatic carbocycles. The fourth-order valence-corrected chi connectivity index (χ4v) is 1.05. The maximum Gasteiger partial charge on any atom is 0.178 e. The number of aliphatic hydroxyl groups is 2. The summed E-state index contributed by atoms with van der Waals surface area (Å²) in [5.41, 5.74) is 0. The van der Waals surface area contributed by atoms with Crippen LogP contribution >= 0.6 is 0 Å². The summed E-state index contributed by atoms with van der Waals surface area (Å²) in [7, 11) is 0. The summed E-state index contributed by atoms with van der Waals surface area (Å²) in [5, 5.41) is 17.6. The highest BCUT2D eigenvalue weighted by Crippen LogP contribution is 2.00. The average Bonchev–Trinajstić information content (AvgIpc) is 2.18. The number of ether oxygens (including phenoxy) is 2. The van der Waals surface area contributed by atoms with Crippen LogP contribution in [0.25, 0.3) is 0 Å². The van der Waals surface area contributed by atoms with Crippen LogP contribution in [0.3, 0.4) is 0 Å². The van der Waals surface area contributed by atoms with Crippen molar-refractivity contribution in [2.45, 2.75) is 38.9 Å². The van der Waals surface area contributed by atoms with Crippen LogP contribution in [0.4, 0.5) is 0 Å². The Hall–Kier alpha value is -0.160. The molecule has 1 unspecified atom stereocenters. The van der Waals surface area contributed by atoms with Gasteiger partial charge in [0, 0.05) is 6.61 Å². The molecule has 0 saturated carbocycles. The van der Waals surface area contributed by atoms with Crippen LogP contribution in [0.5, 0.6) is 0 Å². The van der Waals surface area contributed by atoms with Crippen molar-refractivity contribution < 1.29 is 19.7 Å². The molecule has 4 heteroatoms. The molecule has 0 rings (SSSR count). The first-order valence-corrected chi connectivity index (χ1v) is 5.29. The van der Waals surface area contributed by atoms with E-state index in [-0.39, 0.29) is 19.8 Å². The third-order valence-corrected chi connectivity index (χ3v) is 1.80. The lowest BCUT2D eigenvalue weighted by Crippen LogP contribution is -2.20. The van der Waals surface area contributed by atoms with E-state index in [1.807, 2.05) is 0 Å². The van der Waals surface area contributed by atoms with Crippen LogP contribution in [-0.2, 0) is 9.47 Å². The van der Waals surface area contributed by atoms with Crippen molar-refractivity contribution in [1.82, 2.24) is 0 Å². The predicted molar refractivity (Wildman–Crippen MR) is 54.0 cm³/mol. The number of unbranched alkanes of at least 4 members (excludes halogenated alkanes) is 3. The first-order valence-electron chi connectivity index (χ1n) is 5.29. The van der Waals surface area contributed by atoms with E-state index in [9.17, 15) is 5.11 Å². The molecule has 0 aliphatic rings. The second kappa shape index (κ2) is 10.9. The van der Waals surface area contributed by atoms with Crippen molar-refractivity contribution in [3.8, 4) is 0 Å². The number of aliphatic hydroxyl groups excluding tert-OH is 2. The zero-order valence-electron chi connectivity index (χ0n) is 8.95. The van der Waals surface area contributed by atoms with E-state index in [1.54, 1.807) is 0 Å². The van der Waals surface area contributed by atoms with Gasteiger partial charge >= 0.3 is 0 Å². The number of hydrogen-bond acceptors (Lipinski definition) is 4. The predicted octanol–water partition coefficient (Wildman–Crippen LogP) is 0.911. The van der Waals surface area contributed by atoms with E-state index >= 15 is 0 Å². The molecule has 0 aromatic rings. The first-order chi connectivity index (χ1) is 6.81. The minimum atomic E-state index is -0.858. The van der Waals surface area contributed by atoms with E-state index in [0.29, 0.717) is 6.61 Å². The maximum atomic E-state index is 9.20. The summed E-state index contributed by atoms with van der Waals surface area (Å²) in [6, 6.07) is 0. The highest BCUT2D eigenvalue weighted by Gasteiger charge is 2.02. The minimum absolute atomic E-state index is 0.0246. The fraction of sp³-hybridized carbons (Fsp3) is 1.00. The van der Waals surface area contributed by atoms with E-state index in [1.165, 1.54) is 12.8 Å². The summed E-state index contributed by atoms with van der Waals surface area (Å²) < 4.78 is 9.98. The van der Waals surface area contributed by atoms with Gasteiger partial charge in [-0.15, -0.1) is 0 Å².